The highest BCUT2D eigenvalue weighted by molar-refractivity contribution is 5.91. The molecule has 0 aromatic heterocycles. The van der Waals surface area contributed by atoms with Crippen molar-refractivity contribution in [2.75, 3.05) is 5.32 Å². The molecule has 0 aliphatic rings. The van der Waals surface area contributed by atoms with Crippen LogP contribution in [0.4, 0.5) is 5.69 Å². The highest BCUT2D eigenvalue weighted by atomic mass is 16.1. The van der Waals surface area contributed by atoms with Crippen molar-refractivity contribution in [2.24, 2.45) is 5.41 Å². The lowest BCUT2D eigenvalue weighted by Gasteiger charge is -2.17. The second kappa shape index (κ2) is 5.91. The fourth-order valence-corrected chi connectivity index (χ4v) is 2.06. The quantitative estimate of drug-likeness (QED) is 0.856. The largest absolute Gasteiger partial charge is 0.326 e. The average Bonchev–Trinajstić information content (AvgIpc) is 2.38. The molecule has 2 nitrogen and oxygen atoms in total. The third-order valence-corrected chi connectivity index (χ3v) is 2.97. The molecule has 0 aliphatic carbocycles. The van der Waals surface area contributed by atoms with E-state index in [4.69, 9.17) is 0 Å². The van der Waals surface area contributed by atoms with Gasteiger partial charge in [0.2, 0.25) is 5.91 Å². The van der Waals surface area contributed by atoms with Crippen molar-refractivity contribution in [2.45, 2.75) is 27.2 Å². The highest BCUT2D eigenvalue weighted by Crippen LogP contribution is 2.22. The first-order valence-corrected chi connectivity index (χ1v) is 6.89. The van der Waals surface area contributed by atoms with Crippen LogP contribution < -0.4 is 5.32 Å². The van der Waals surface area contributed by atoms with Crippen LogP contribution in [0.15, 0.2) is 54.6 Å². The van der Waals surface area contributed by atoms with Gasteiger partial charge in [0.05, 0.1) is 0 Å². The number of hydrogen-bond donors (Lipinski definition) is 1. The average molecular weight is 267 g/mol. The zero-order chi connectivity index (χ0) is 14.6. The van der Waals surface area contributed by atoms with Crippen LogP contribution in [0, 0.1) is 5.41 Å². The van der Waals surface area contributed by atoms with Gasteiger partial charge in [0.25, 0.3) is 0 Å². The van der Waals surface area contributed by atoms with E-state index in [2.05, 4.69) is 38.2 Å². The molecule has 0 bridgehead atoms. The standard InChI is InChI=1S/C18H21NO/c1-18(2,3)13-17(20)19-16-11-9-15(10-12-16)14-7-5-4-6-8-14/h4-12H,13H2,1-3H3,(H,19,20). The SMILES string of the molecule is CC(C)(C)CC(=O)Nc1ccc(-c2ccccc2)cc1. The summed E-state index contributed by atoms with van der Waals surface area (Å²) < 4.78 is 0. The first-order valence-electron chi connectivity index (χ1n) is 6.89. The first kappa shape index (κ1) is 14.3. The van der Waals surface area contributed by atoms with Crippen molar-refractivity contribution in [3.63, 3.8) is 0 Å². The minimum atomic E-state index is 0.00800. The lowest BCUT2D eigenvalue weighted by atomic mass is 9.92. The highest BCUT2D eigenvalue weighted by Gasteiger charge is 2.15. The van der Waals surface area contributed by atoms with E-state index in [1.807, 2.05) is 42.5 Å². The Bertz CT molecular complexity index is 565. The monoisotopic (exact) mass is 267 g/mol. The van der Waals surface area contributed by atoms with E-state index in [1.54, 1.807) is 0 Å². The van der Waals surface area contributed by atoms with Gasteiger partial charge in [-0.1, -0.05) is 63.2 Å². The minimum absolute atomic E-state index is 0.00800. The van der Waals surface area contributed by atoms with Gasteiger partial charge in [-0.15, -0.1) is 0 Å². The molecule has 2 aromatic rings. The van der Waals surface area contributed by atoms with Gasteiger partial charge in [0.1, 0.15) is 0 Å². The lowest BCUT2D eigenvalue weighted by molar-refractivity contribution is -0.117. The molecule has 2 heteroatoms. The Morgan fingerprint density at radius 2 is 1.45 bits per heavy atom. The van der Waals surface area contributed by atoms with Crippen molar-refractivity contribution in [3.05, 3.63) is 54.6 Å². The molecule has 0 unspecified atom stereocenters. The fraction of sp³-hybridized carbons (Fsp3) is 0.278. The molecule has 0 fully saturated rings. The van der Waals surface area contributed by atoms with Crippen LogP contribution in [0.1, 0.15) is 27.2 Å². The van der Waals surface area contributed by atoms with Gasteiger partial charge >= 0.3 is 0 Å². The summed E-state index contributed by atoms with van der Waals surface area (Å²) in [5.74, 6) is 0.0601. The third-order valence-electron chi connectivity index (χ3n) is 2.97. The van der Waals surface area contributed by atoms with Crippen molar-refractivity contribution < 1.29 is 4.79 Å². The van der Waals surface area contributed by atoms with Gasteiger partial charge in [0.15, 0.2) is 0 Å². The second-order valence-corrected chi connectivity index (χ2v) is 6.23. The van der Waals surface area contributed by atoms with Crippen LogP contribution in [-0.4, -0.2) is 5.91 Å². The van der Waals surface area contributed by atoms with Crippen LogP contribution in [0.5, 0.6) is 0 Å². The van der Waals surface area contributed by atoms with E-state index in [0.717, 1.165) is 11.3 Å². The van der Waals surface area contributed by atoms with Crippen molar-refractivity contribution in [3.8, 4) is 11.1 Å². The summed E-state index contributed by atoms with van der Waals surface area (Å²) in [6.07, 6.45) is 0.521. The van der Waals surface area contributed by atoms with Crippen LogP contribution >= 0.6 is 0 Å². The Morgan fingerprint density at radius 1 is 0.900 bits per heavy atom. The molecule has 0 aliphatic heterocycles. The third kappa shape index (κ3) is 4.23. The van der Waals surface area contributed by atoms with Crippen LogP contribution in [0.25, 0.3) is 11.1 Å². The maximum atomic E-state index is 11.9. The molecule has 104 valence electrons. The van der Waals surface area contributed by atoms with Crippen LogP contribution in [-0.2, 0) is 4.79 Å². The van der Waals surface area contributed by atoms with Gasteiger partial charge < -0.3 is 5.32 Å². The normalized spacial score (nSPS) is 11.2. The molecule has 20 heavy (non-hydrogen) atoms. The summed E-state index contributed by atoms with van der Waals surface area (Å²) in [5, 5.41) is 2.94. The maximum absolute atomic E-state index is 11.9. The summed E-state index contributed by atoms with van der Waals surface area (Å²) in [4.78, 5) is 11.9. The number of rotatable bonds is 3. The summed E-state index contributed by atoms with van der Waals surface area (Å²) in [7, 11) is 0. The Balaban J connectivity index is 2.04. The van der Waals surface area contributed by atoms with E-state index in [0.29, 0.717) is 6.42 Å². The zero-order valence-corrected chi connectivity index (χ0v) is 12.3. The van der Waals surface area contributed by atoms with E-state index in [9.17, 15) is 4.79 Å². The molecule has 0 saturated carbocycles. The van der Waals surface area contributed by atoms with E-state index >= 15 is 0 Å². The molecular weight excluding hydrogens is 246 g/mol. The summed E-state index contributed by atoms with van der Waals surface area (Å²) in [5.41, 5.74) is 3.19. The summed E-state index contributed by atoms with van der Waals surface area (Å²) in [6, 6.07) is 18.2. The van der Waals surface area contributed by atoms with Crippen LogP contribution in [0.2, 0.25) is 0 Å². The zero-order valence-electron chi connectivity index (χ0n) is 12.3. The smallest absolute Gasteiger partial charge is 0.224 e. The molecule has 1 N–H and O–H groups in total. The molecule has 1 amide bonds. The van der Waals surface area contributed by atoms with Crippen molar-refractivity contribution >= 4 is 11.6 Å². The Labute approximate surface area is 120 Å². The summed E-state index contributed by atoms with van der Waals surface area (Å²) in [6.45, 7) is 6.18. The van der Waals surface area contributed by atoms with Gasteiger partial charge in [0, 0.05) is 12.1 Å². The molecule has 0 spiro atoms. The topological polar surface area (TPSA) is 29.1 Å². The number of hydrogen-bond acceptors (Lipinski definition) is 1. The number of anilines is 1. The number of carbonyl (C=O) groups excluding carboxylic acids is 1. The molecule has 0 saturated heterocycles. The molecule has 0 atom stereocenters. The predicted octanol–water partition coefficient (Wildman–Crippen LogP) is 4.73. The number of nitrogens with one attached hydrogen (secondary N) is 1. The first-order chi connectivity index (χ1) is 9.44. The van der Waals surface area contributed by atoms with Gasteiger partial charge in [-0.3, -0.25) is 4.79 Å². The minimum Gasteiger partial charge on any atom is -0.326 e. The molecular formula is C18H21NO. The van der Waals surface area contributed by atoms with Gasteiger partial charge in [-0.2, -0.15) is 0 Å². The van der Waals surface area contributed by atoms with E-state index in [1.165, 1.54) is 5.56 Å². The Kier molecular flexibility index (Phi) is 4.23. The van der Waals surface area contributed by atoms with Crippen molar-refractivity contribution in [1.29, 1.82) is 0 Å². The van der Waals surface area contributed by atoms with E-state index < -0.39 is 0 Å². The molecule has 0 radical (unpaired) electrons. The number of carbonyl (C=O) groups is 1. The molecule has 0 heterocycles. The Hall–Kier alpha value is -2.09. The van der Waals surface area contributed by atoms with Crippen molar-refractivity contribution in [1.82, 2.24) is 0 Å². The van der Waals surface area contributed by atoms with Crippen LogP contribution in [0.3, 0.4) is 0 Å². The summed E-state index contributed by atoms with van der Waals surface area (Å²) >= 11 is 0. The molecule has 2 rings (SSSR count). The van der Waals surface area contributed by atoms with Gasteiger partial charge in [-0.25, -0.2) is 0 Å². The lowest BCUT2D eigenvalue weighted by Crippen LogP contribution is -2.19. The number of amides is 1. The predicted molar refractivity (Wildman–Crippen MR) is 84.6 cm³/mol. The van der Waals surface area contributed by atoms with E-state index in [-0.39, 0.29) is 11.3 Å². The Morgan fingerprint density at radius 3 is 2.00 bits per heavy atom. The van der Waals surface area contributed by atoms with Gasteiger partial charge in [-0.05, 0) is 28.7 Å². The number of benzene rings is 2. The second-order valence-electron chi connectivity index (χ2n) is 6.23. The fourth-order valence-electron chi connectivity index (χ4n) is 2.06. The maximum Gasteiger partial charge on any atom is 0.224 e. The molecule has 2 aromatic carbocycles.